The molecule has 0 saturated carbocycles. The van der Waals surface area contributed by atoms with Gasteiger partial charge in [-0.05, 0) is 42.7 Å². The van der Waals surface area contributed by atoms with Gasteiger partial charge in [0, 0.05) is 30.2 Å². The van der Waals surface area contributed by atoms with Crippen LogP contribution in [0.2, 0.25) is 10.0 Å². The van der Waals surface area contributed by atoms with Crippen molar-refractivity contribution in [3.8, 4) is 5.75 Å². The van der Waals surface area contributed by atoms with Crippen molar-refractivity contribution in [3.05, 3.63) is 70.2 Å². The number of hydrogen-bond donors (Lipinski definition) is 1. The van der Waals surface area contributed by atoms with Crippen LogP contribution in [0.4, 0.5) is 0 Å². The summed E-state index contributed by atoms with van der Waals surface area (Å²) in [5, 5.41) is 3.82. The Labute approximate surface area is 180 Å². The van der Waals surface area contributed by atoms with E-state index in [2.05, 4.69) is 5.32 Å². The van der Waals surface area contributed by atoms with E-state index in [0.717, 1.165) is 5.56 Å². The molecule has 3 rings (SSSR count). The number of rotatable bonds is 6. The van der Waals surface area contributed by atoms with E-state index >= 15 is 0 Å². The van der Waals surface area contributed by atoms with Crippen LogP contribution in [0.3, 0.4) is 0 Å². The second-order valence-corrected chi connectivity index (χ2v) is 7.62. The topological polar surface area (TPSA) is 58.6 Å². The zero-order chi connectivity index (χ0) is 20.6. The molecule has 0 bridgehead atoms. The van der Waals surface area contributed by atoms with Crippen molar-refractivity contribution in [2.24, 2.45) is 0 Å². The van der Waals surface area contributed by atoms with Crippen molar-refractivity contribution in [2.45, 2.75) is 18.9 Å². The summed E-state index contributed by atoms with van der Waals surface area (Å²) in [5.41, 5.74) is 0.990. The lowest BCUT2D eigenvalue weighted by Crippen LogP contribution is -2.47. The van der Waals surface area contributed by atoms with Crippen molar-refractivity contribution in [2.75, 3.05) is 19.7 Å². The maximum Gasteiger partial charge on any atom is 0.258 e. The molecule has 0 atom stereocenters. The number of likely N-dealkylation sites (tertiary alicyclic amines) is 1. The van der Waals surface area contributed by atoms with Crippen LogP contribution in [0, 0.1) is 0 Å². The van der Waals surface area contributed by atoms with Crippen LogP contribution in [-0.2, 0) is 9.59 Å². The molecule has 1 fully saturated rings. The SMILES string of the molecule is O=C(COc1ccc(Cl)cc1Cl)NC1CCN(C(=O)/C=C/c2ccccc2)CC1. The predicted molar refractivity (Wildman–Crippen MR) is 115 cm³/mol. The summed E-state index contributed by atoms with van der Waals surface area (Å²) in [6.07, 6.45) is 4.82. The third-order valence-corrected chi connectivity index (χ3v) is 5.17. The van der Waals surface area contributed by atoms with Gasteiger partial charge < -0.3 is 15.0 Å². The van der Waals surface area contributed by atoms with Crippen LogP contribution in [0.5, 0.6) is 5.75 Å². The average Bonchev–Trinajstić information content (AvgIpc) is 2.72. The van der Waals surface area contributed by atoms with E-state index in [4.69, 9.17) is 27.9 Å². The lowest BCUT2D eigenvalue weighted by Gasteiger charge is -2.31. The molecule has 152 valence electrons. The van der Waals surface area contributed by atoms with Gasteiger partial charge in [-0.25, -0.2) is 0 Å². The summed E-state index contributed by atoms with van der Waals surface area (Å²) >= 11 is 11.9. The largest absolute Gasteiger partial charge is 0.482 e. The van der Waals surface area contributed by atoms with Gasteiger partial charge in [0.1, 0.15) is 5.75 Å². The monoisotopic (exact) mass is 432 g/mol. The van der Waals surface area contributed by atoms with E-state index in [1.807, 2.05) is 36.4 Å². The summed E-state index contributed by atoms with van der Waals surface area (Å²) in [6.45, 7) is 1.08. The lowest BCUT2D eigenvalue weighted by molar-refractivity contribution is -0.127. The van der Waals surface area contributed by atoms with E-state index in [9.17, 15) is 9.59 Å². The highest BCUT2D eigenvalue weighted by molar-refractivity contribution is 6.35. The molecule has 2 amide bonds. The molecule has 2 aromatic carbocycles. The summed E-state index contributed by atoms with van der Waals surface area (Å²) < 4.78 is 5.45. The van der Waals surface area contributed by atoms with Gasteiger partial charge in [-0.3, -0.25) is 9.59 Å². The molecule has 0 spiro atoms. The van der Waals surface area contributed by atoms with Crippen molar-refractivity contribution in [1.82, 2.24) is 10.2 Å². The Hall–Kier alpha value is -2.50. The second-order valence-electron chi connectivity index (χ2n) is 6.77. The number of nitrogens with one attached hydrogen (secondary N) is 1. The predicted octanol–water partition coefficient (Wildman–Crippen LogP) is 4.19. The number of benzene rings is 2. The molecular weight excluding hydrogens is 411 g/mol. The fraction of sp³-hybridized carbons (Fsp3) is 0.273. The Balaban J connectivity index is 1.40. The average molecular weight is 433 g/mol. The first kappa shape index (κ1) is 21.2. The molecule has 29 heavy (non-hydrogen) atoms. The summed E-state index contributed by atoms with van der Waals surface area (Å²) in [7, 11) is 0. The minimum Gasteiger partial charge on any atom is -0.482 e. The molecule has 1 N–H and O–H groups in total. The Kier molecular flexibility index (Phi) is 7.55. The maximum absolute atomic E-state index is 12.3. The third kappa shape index (κ3) is 6.51. The van der Waals surface area contributed by atoms with Crippen LogP contribution in [0.15, 0.2) is 54.6 Å². The standard InChI is InChI=1S/C22H22Cl2N2O3/c23-17-7-8-20(19(24)14-17)29-15-21(27)25-18-10-12-26(13-11-18)22(28)9-6-16-4-2-1-3-5-16/h1-9,14,18H,10-13,15H2,(H,25,27)/b9-6+. The smallest absolute Gasteiger partial charge is 0.258 e. The normalized spacial score (nSPS) is 14.8. The molecule has 5 nitrogen and oxygen atoms in total. The third-order valence-electron chi connectivity index (χ3n) is 4.64. The number of halogens is 2. The van der Waals surface area contributed by atoms with Gasteiger partial charge >= 0.3 is 0 Å². The molecule has 0 aliphatic carbocycles. The highest BCUT2D eigenvalue weighted by Gasteiger charge is 2.23. The summed E-state index contributed by atoms with van der Waals surface area (Å²) in [4.78, 5) is 26.3. The van der Waals surface area contributed by atoms with Crippen LogP contribution in [0.25, 0.3) is 6.08 Å². The Morgan fingerprint density at radius 1 is 1.10 bits per heavy atom. The first-order chi connectivity index (χ1) is 14.0. The van der Waals surface area contributed by atoms with Gasteiger partial charge in [0.25, 0.3) is 5.91 Å². The maximum atomic E-state index is 12.3. The van der Waals surface area contributed by atoms with Gasteiger partial charge in [-0.1, -0.05) is 53.5 Å². The zero-order valence-electron chi connectivity index (χ0n) is 15.8. The van der Waals surface area contributed by atoms with Crippen LogP contribution in [0.1, 0.15) is 18.4 Å². The fourth-order valence-corrected chi connectivity index (χ4v) is 3.55. The lowest BCUT2D eigenvalue weighted by atomic mass is 10.0. The van der Waals surface area contributed by atoms with Gasteiger partial charge in [0.2, 0.25) is 5.91 Å². The highest BCUT2D eigenvalue weighted by atomic mass is 35.5. The number of carbonyl (C=O) groups is 2. The number of hydrogen-bond acceptors (Lipinski definition) is 3. The van der Waals surface area contributed by atoms with E-state index in [1.165, 1.54) is 0 Å². The number of ether oxygens (including phenoxy) is 1. The van der Waals surface area contributed by atoms with Crippen LogP contribution >= 0.6 is 23.2 Å². The Bertz CT molecular complexity index is 879. The number of carbonyl (C=O) groups excluding carboxylic acids is 2. The number of amides is 2. The minimum atomic E-state index is -0.218. The molecule has 1 heterocycles. The zero-order valence-corrected chi connectivity index (χ0v) is 17.3. The molecule has 0 unspecified atom stereocenters. The quantitative estimate of drug-likeness (QED) is 0.695. The molecule has 2 aromatic rings. The van der Waals surface area contributed by atoms with Gasteiger partial charge in [0.05, 0.1) is 5.02 Å². The number of nitrogens with zero attached hydrogens (tertiary/aromatic N) is 1. The Morgan fingerprint density at radius 2 is 1.83 bits per heavy atom. The van der Waals surface area contributed by atoms with E-state index in [1.54, 1.807) is 29.2 Å². The molecular formula is C22H22Cl2N2O3. The minimum absolute atomic E-state index is 0.0145. The van der Waals surface area contributed by atoms with Gasteiger partial charge in [-0.15, -0.1) is 0 Å². The number of piperidine rings is 1. The second kappa shape index (κ2) is 10.3. The molecule has 1 aliphatic rings. The van der Waals surface area contributed by atoms with Crippen LogP contribution < -0.4 is 10.1 Å². The van der Waals surface area contributed by atoms with Gasteiger partial charge in [0.15, 0.2) is 6.61 Å². The van der Waals surface area contributed by atoms with E-state index < -0.39 is 0 Å². The van der Waals surface area contributed by atoms with Crippen LogP contribution in [-0.4, -0.2) is 42.5 Å². The summed E-state index contributed by atoms with van der Waals surface area (Å²) in [6, 6.07) is 14.6. The first-order valence-electron chi connectivity index (χ1n) is 9.40. The Morgan fingerprint density at radius 3 is 2.52 bits per heavy atom. The molecule has 1 aliphatic heterocycles. The molecule has 1 saturated heterocycles. The van der Waals surface area contributed by atoms with Crippen molar-refractivity contribution < 1.29 is 14.3 Å². The van der Waals surface area contributed by atoms with Gasteiger partial charge in [-0.2, -0.15) is 0 Å². The van der Waals surface area contributed by atoms with E-state index in [-0.39, 0.29) is 24.5 Å². The van der Waals surface area contributed by atoms with Crippen molar-refractivity contribution in [3.63, 3.8) is 0 Å². The molecule has 7 heteroatoms. The van der Waals surface area contributed by atoms with Crippen molar-refractivity contribution in [1.29, 1.82) is 0 Å². The highest BCUT2D eigenvalue weighted by Crippen LogP contribution is 2.27. The van der Waals surface area contributed by atoms with Crippen molar-refractivity contribution >= 4 is 41.1 Å². The van der Waals surface area contributed by atoms with E-state index in [0.29, 0.717) is 41.7 Å². The molecule has 0 radical (unpaired) electrons. The first-order valence-corrected chi connectivity index (χ1v) is 10.2. The summed E-state index contributed by atoms with van der Waals surface area (Å²) in [5.74, 6) is 0.181. The fourth-order valence-electron chi connectivity index (χ4n) is 3.09. The molecule has 0 aromatic heterocycles.